The molecular formula is C12H27NO2Si. The first-order valence-electron chi connectivity index (χ1n) is 6.23. The van der Waals surface area contributed by atoms with Crippen LogP contribution in [0.1, 0.15) is 27.2 Å². The van der Waals surface area contributed by atoms with Gasteiger partial charge in [0.15, 0.2) is 8.32 Å². The van der Waals surface area contributed by atoms with Gasteiger partial charge in [-0.3, -0.25) is 0 Å². The molecule has 1 rings (SSSR count). The molecule has 0 radical (unpaired) electrons. The van der Waals surface area contributed by atoms with E-state index in [9.17, 15) is 5.11 Å². The maximum Gasteiger partial charge on any atom is 0.187 e. The molecule has 1 aliphatic heterocycles. The fraction of sp³-hybridized carbons (Fsp3) is 1.00. The third-order valence-electron chi connectivity index (χ3n) is 2.83. The van der Waals surface area contributed by atoms with E-state index in [0.717, 1.165) is 19.6 Å². The number of hydrogen-bond acceptors (Lipinski definition) is 3. The summed E-state index contributed by atoms with van der Waals surface area (Å²) in [6.45, 7) is 12.8. The average molecular weight is 245 g/mol. The van der Waals surface area contributed by atoms with Crippen molar-refractivity contribution < 1.29 is 9.53 Å². The average Bonchev–Trinajstić information content (AvgIpc) is 2.44. The summed E-state index contributed by atoms with van der Waals surface area (Å²) in [6, 6.07) is 1.52. The Morgan fingerprint density at radius 1 is 1.38 bits per heavy atom. The fourth-order valence-corrected chi connectivity index (χ4v) is 5.89. The van der Waals surface area contributed by atoms with E-state index in [4.69, 9.17) is 4.43 Å². The second kappa shape index (κ2) is 5.17. The first kappa shape index (κ1) is 14.2. The van der Waals surface area contributed by atoms with Crippen LogP contribution in [0.25, 0.3) is 0 Å². The van der Waals surface area contributed by atoms with Crippen molar-refractivity contribution >= 4 is 8.32 Å². The van der Waals surface area contributed by atoms with Crippen LogP contribution in [-0.2, 0) is 4.43 Å². The third kappa shape index (κ3) is 5.43. The lowest BCUT2D eigenvalue weighted by molar-refractivity contribution is 0.185. The zero-order chi connectivity index (χ0) is 12.4. The van der Waals surface area contributed by atoms with E-state index in [1.54, 1.807) is 0 Å². The van der Waals surface area contributed by atoms with Crippen molar-refractivity contribution in [2.24, 2.45) is 5.41 Å². The van der Waals surface area contributed by atoms with Gasteiger partial charge in [0, 0.05) is 19.2 Å². The summed E-state index contributed by atoms with van der Waals surface area (Å²) in [5.74, 6) is 0. The smallest absolute Gasteiger partial charge is 0.187 e. The molecule has 1 heterocycles. The summed E-state index contributed by atoms with van der Waals surface area (Å²) in [4.78, 5) is 0. The Morgan fingerprint density at radius 3 is 2.44 bits per heavy atom. The highest BCUT2D eigenvalue weighted by Crippen LogP contribution is 2.28. The maximum atomic E-state index is 9.41. The van der Waals surface area contributed by atoms with Crippen LogP contribution >= 0.6 is 0 Å². The van der Waals surface area contributed by atoms with Gasteiger partial charge in [-0.05, 0) is 31.0 Å². The van der Waals surface area contributed by atoms with Crippen LogP contribution in [0.2, 0.25) is 19.1 Å². The summed E-state index contributed by atoms with van der Waals surface area (Å²) < 4.78 is 6.10. The first-order chi connectivity index (χ1) is 7.18. The van der Waals surface area contributed by atoms with Gasteiger partial charge < -0.3 is 14.8 Å². The van der Waals surface area contributed by atoms with Crippen molar-refractivity contribution in [2.75, 3.05) is 13.2 Å². The van der Waals surface area contributed by atoms with Crippen molar-refractivity contribution in [3.63, 3.8) is 0 Å². The molecule has 1 aliphatic rings. The van der Waals surface area contributed by atoms with Gasteiger partial charge in [0.2, 0.25) is 0 Å². The van der Waals surface area contributed by atoms with Crippen LogP contribution in [0.5, 0.6) is 0 Å². The van der Waals surface area contributed by atoms with Gasteiger partial charge in [0.05, 0.1) is 6.10 Å². The molecule has 16 heavy (non-hydrogen) atoms. The monoisotopic (exact) mass is 245 g/mol. The van der Waals surface area contributed by atoms with Crippen LogP contribution in [0.3, 0.4) is 0 Å². The predicted octanol–water partition coefficient (Wildman–Crippen LogP) is 1.98. The number of aliphatic hydroxyl groups is 1. The second-order valence-electron chi connectivity index (χ2n) is 6.80. The number of nitrogens with one attached hydrogen (secondary N) is 1. The van der Waals surface area contributed by atoms with Crippen molar-refractivity contribution in [1.82, 2.24) is 5.32 Å². The van der Waals surface area contributed by atoms with Crippen molar-refractivity contribution in [2.45, 2.75) is 58.5 Å². The molecule has 0 amide bonds. The van der Waals surface area contributed by atoms with E-state index < -0.39 is 8.32 Å². The van der Waals surface area contributed by atoms with Gasteiger partial charge in [0.1, 0.15) is 0 Å². The number of aliphatic hydroxyl groups excluding tert-OH is 1. The summed E-state index contributed by atoms with van der Waals surface area (Å²) in [6.07, 6.45) is 0.654. The molecule has 3 nitrogen and oxygen atoms in total. The normalized spacial score (nSPS) is 27.4. The van der Waals surface area contributed by atoms with E-state index in [1.807, 2.05) is 0 Å². The van der Waals surface area contributed by atoms with E-state index in [2.05, 4.69) is 39.2 Å². The topological polar surface area (TPSA) is 41.5 Å². The van der Waals surface area contributed by atoms with Crippen LogP contribution in [0, 0.1) is 5.41 Å². The summed E-state index contributed by atoms with van der Waals surface area (Å²) in [7, 11) is -1.55. The Hall–Kier alpha value is 0.0969. The first-order valence-corrected chi connectivity index (χ1v) is 9.35. The van der Waals surface area contributed by atoms with Gasteiger partial charge in [-0.2, -0.15) is 0 Å². The lowest BCUT2D eigenvalue weighted by atomic mass is 10.0. The zero-order valence-electron chi connectivity index (χ0n) is 11.3. The Morgan fingerprint density at radius 2 is 2.00 bits per heavy atom. The third-order valence-corrected chi connectivity index (χ3v) is 5.69. The molecule has 0 aliphatic carbocycles. The summed E-state index contributed by atoms with van der Waals surface area (Å²) in [5, 5.41) is 12.7. The highest BCUT2D eigenvalue weighted by atomic mass is 28.4. The molecule has 1 saturated heterocycles. The lowest BCUT2D eigenvalue weighted by Crippen LogP contribution is -2.39. The molecule has 0 spiro atoms. The molecule has 0 aromatic rings. The minimum Gasteiger partial charge on any atom is -0.416 e. The fourth-order valence-electron chi connectivity index (χ4n) is 2.58. The Kier molecular flexibility index (Phi) is 4.57. The highest BCUT2D eigenvalue weighted by Gasteiger charge is 2.31. The number of β-amino-alcohol motifs (C(OH)–C–C–N with tert-alkyl or cyclic N) is 1. The quantitative estimate of drug-likeness (QED) is 0.744. The predicted molar refractivity (Wildman–Crippen MR) is 70.1 cm³/mol. The molecule has 0 aromatic carbocycles. The minimum atomic E-state index is -1.55. The number of hydrogen-bond donors (Lipinski definition) is 2. The highest BCUT2D eigenvalue weighted by molar-refractivity contribution is 6.71. The molecule has 0 aromatic heterocycles. The maximum absolute atomic E-state index is 9.41. The van der Waals surface area contributed by atoms with Crippen LogP contribution in [0.4, 0.5) is 0 Å². The van der Waals surface area contributed by atoms with Crippen LogP contribution in [0.15, 0.2) is 0 Å². The van der Waals surface area contributed by atoms with Crippen molar-refractivity contribution in [1.29, 1.82) is 0 Å². The molecule has 2 atom stereocenters. The SMILES string of the molecule is CC(C)(C)C[Si](C)(C)OC[C@@H]1C[C@@H](O)CN1. The molecule has 4 heteroatoms. The lowest BCUT2D eigenvalue weighted by Gasteiger charge is -2.31. The van der Waals surface area contributed by atoms with Crippen molar-refractivity contribution in [3.8, 4) is 0 Å². The Bertz CT molecular complexity index is 226. The Balaban J connectivity index is 2.30. The van der Waals surface area contributed by atoms with E-state index >= 15 is 0 Å². The van der Waals surface area contributed by atoms with Gasteiger partial charge in [-0.15, -0.1) is 0 Å². The van der Waals surface area contributed by atoms with Gasteiger partial charge in [-0.1, -0.05) is 20.8 Å². The molecule has 96 valence electrons. The molecular weight excluding hydrogens is 218 g/mol. The van der Waals surface area contributed by atoms with E-state index in [1.165, 1.54) is 6.04 Å². The van der Waals surface area contributed by atoms with Crippen LogP contribution < -0.4 is 5.32 Å². The van der Waals surface area contributed by atoms with Crippen molar-refractivity contribution in [3.05, 3.63) is 0 Å². The standard InChI is InChI=1S/C12H27NO2Si/c1-12(2,3)9-16(4,5)15-8-10-6-11(14)7-13-10/h10-11,13-14H,6-9H2,1-5H3/t10-,11+/m0/s1. The molecule has 0 unspecified atom stereocenters. The molecule has 2 N–H and O–H groups in total. The van der Waals surface area contributed by atoms with Crippen LogP contribution in [-0.4, -0.2) is 38.7 Å². The second-order valence-corrected chi connectivity index (χ2v) is 11.0. The summed E-state index contributed by atoms with van der Waals surface area (Å²) in [5.41, 5.74) is 0.346. The van der Waals surface area contributed by atoms with E-state index in [0.29, 0.717) is 11.5 Å². The zero-order valence-corrected chi connectivity index (χ0v) is 12.3. The van der Waals surface area contributed by atoms with E-state index in [-0.39, 0.29) is 6.10 Å². The molecule has 1 fully saturated rings. The minimum absolute atomic E-state index is 0.180. The van der Waals surface area contributed by atoms with Gasteiger partial charge >= 0.3 is 0 Å². The number of rotatable bonds is 4. The van der Waals surface area contributed by atoms with Gasteiger partial charge in [-0.25, -0.2) is 0 Å². The molecule has 0 saturated carbocycles. The van der Waals surface area contributed by atoms with Gasteiger partial charge in [0.25, 0.3) is 0 Å². The largest absolute Gasteiger partial charge is 0.416 e. The Labute approximate surface area is 101 Å². The molecule has 0 bridgehead atoms. The summed E-state index contributed by atoms with van der Waals surface area (Å²) >= 11 is 0.